The molecule has 0 heterocycles. The van der Waals surface area contributed by atoms with Gasteiger partial charge in [0.2, 0.25) is 0 Å². The van der Waals surface area contributed by atoms with E-state index in [2.05, 4.69) is 118 Å². The summed E-state index contributed by atoms with van der Waals surface area (Å²) in [6, 6.07) is 16.6. The van der Waals surface area contributed by atoms with Crippen LogP contribution in [0.4, 0.5) is 22.7 Å². The molecule has 1 aliphatic carbocycles. The Labute approximate surface area is 310 Å². The maximum atomic E-state index is 12.9. The lowest BCUT2D eigenvalue weighted by Gasteiger charge is -2.24. The average molecular weight is 717 g/mol. The molecule has 0 spiro atoms. The Balaban J connectivity index is 1.75. The number of allylic oxidation sites excluding steroid dienone is 4. The molecule has 6 nitrogen and oxygen atoms in total. The molecule has 0 atom stereocenters. The van der Waals surface area contributed by atoms with E-state index in [1.807, 2.05) is 24.3 Å². The Morgan fingerprint density at radius 3 is 1.40 bits per heavy atom. The molecule has 0 aliphatic heterocycles. The molecule has 0 aromatic heterocycles. The van der Waals surface area contributed by atoms with Crippen LogP contribution < -0.4 is 10.6 Å². The topological polar surface area (TPSA) is 95.5 Å². The average Bonchev–Trinajstić information content (AvgIpc) is 3.07. The van der Waals surface area contributed by atoms with Crippen LogP contribution in [0.3, 0.4) is 0 Å². The Morgan fingerprint density at radius 1 is 0.596 bits per heavy atom. The summed E-state index contributed by atoms with van der Waals surface area (Å²) in [6.07, 6.45) is 3.85. The van der Waals surface area contributed by atoms with Crippen molar-refractivity contribution in [3.8, 4) is 0 Å². The summed E-state index contributed by atoms with van der Waals surface area (Å²) < 4.78 is 36.1. The van der Waals surface area contributed by atoms with E-state index in [1.54, 1.807) is 0 Å². The zero-order valence-electron chi connectivity index (χ0n) is 32.6. The van der Waals surface area contributed by atoms with E-state index in [0.29, 0.717) is 5.57 Å². The monoisotopic (exact) mass is 716 g/mol. The molecule has 1 aliphatic rings. The number of hydrogen-bond acceptors (Lipinski definition) is 5. The first-order valence-corrected chi connectivity index (χ1v) is 19.4. The van der Waals surface area contributed by atoms with Gasteiger partial charge in [0, 0.05) is 34.4 Å². The number of nitrogens with one attached hydrogen (secondary N) is 2. The van der Waals surface area contributed by atoms with Crippen LogP contribution in [-0.2, 0) is 14.9 Å². The van der Waals surface area contributed by atoms with E-state index in [0.717, 1.165) is 62.2 Å². The van der Waals surface area contributed by atoms with Crippen LogP contribution in [0.1, 0.15) is 106 Å². The Morgan fingerprint density at radius 2 is 1.02 bits per heavy atom. The lowest BCUT2D eigenvalue weighted by molar-refractivity contribution is -0.110. The van der Waals surface area contributed by atoms with E-state index in [-0.39, 0.29) is 17.4 Å². The normalized spacial score (nSPS) is 13.2. The van der Waals surface area contributed by atoms with E-state index >= 15 is 0 Å². The molecule has 0 saturated heterocycles. The molecule has 0 fully saturated rings. The largest absolute Gasteiger partial charge is 0.355 e. The van der Waals surface area contributed by atoms with Crippen LogP contribution in [0.15, 0.2) is 77.2 Å². The van der Waals surface area contributed by atoms with Crippen molar-refractivity contribution in [3.05, 3.63) is 144 Å². The van der Waals surface area contributed by atoms with E-state index in [4.69, 9.17) is 0 Å². The second-order valence-corrected chi connectivity index (χ2v) is 16.3. The fraction of sp³-hybridized carbons (Fsp3) is 0.311. The van der Waals surface area contributed by atoms with Gasteiger partial charge in [-0.25, -0.2) is 0 Å². The van der Waals surface area contributed by atoms with Crippen molar-refractivity contribution in [2.24, 2.45) is 0 Å². The molecule has 0 radical (unpaired) electrons. The second kappa shape index (κ2) is 14.7. The van der Waals surface area contributed by atoms with Crippen LogP contribution in [0.25, 0.3) is 5.57 Å². The zero-order chi connectivity index (χ0) is 38.4. The maximum Gasteiger partial charge on any atom is 0.295 e. The lowest BCUT2D eigenvalue weighted by Crippen LogP contribution is -2.12. The molecule has 0 amide bonds. The predicted octanol–water partition coefficient (Wildman–Crippen LogP) is 11.6. The van der Waals surface area contributed by atoms with Crippen LogP contribution in [0.2, 0.25) is 0 Å². The molecule has 0 saturated carbocycles. The van der Waals surface area contributed by atoms with Crippen LogP contribution in [0.5, 0.6) is 0 Å². The highest BCUT2D eigenvalue weighted by Crippen LogP contribution is 2.41. The first kappa shape index (κ1) is 38.5. The summed E-state index contributed by atoms with van der Waals surface area (Å²) in [5.74, 6) is -0.273. The van der Waals surface area contributed by atoms with E-state index in [1.165, 1.54) is 45.5 Å². The number of rotatable bonds is 9. The van der Waals surface area contributed by atoms with Crippen molar-refractivity contribution in [1.29, 1.82) is 0 Å². The summed E-state index contributed by atoms with van der Waals surface area (Å²) in [4.78, 5) is 12.1. The molecular weight excluding hydrogens is 665 g/mol. The number of ketones is 1. The van der Waals surface area contributed by atoms with Gasteiger partial charge < -0.3 is 10.6 Å². The number of aryl methyl sites for hydroxylation is 4. The van der Waals surface area contributed by atoms with Gasteiger partial charge in [-0.1, -0.05) is 52.0 Å². The van der Waals surface area contributed by atoms with Gasteiger partial charge in [-0.15, -0.1) is 0 Å². The SMILES string of the molecule is Cc1cc(C)c(Nc2ccc(C(=C3C=CC(=O)C=C3S(=O)(=O)O)c3ccc(Nc4c(C)cc(C)c(C)c4C)c(C(C)C)c3)cc2C(C)C)c(C)c1C. The van der Waals surface area contributed by atoms with Crippen LogP contribution in [-0.4, -0.2) is 18.8 Å². The second-order valence-electron chi connectivity index (χ2n) is 14.9. The molecule has 0 unspecified atom stereocenters. The first-order valence-electron chi connectivity index (χ1n) is 17.9. The molecule has 272 valence electrons. The fourth-order valence-electron chi connectivity index (χ4n) is 7.24. The third-order valence-corrected chi connectivity index (χ3v) is 11.6. The first-order chi connectivity index (χ1) is 24.3. The Hall–Kier alpha value is -4.72. The highest BCUT2D eigenvalue weighted by molar-refractivity contribution is 7.90. The Kier molecular flexibility index (Phi) is 10.9. The van der Waals surface area contributed by atoms with Crippen molar-refractivity contribution in [3.63, 3.8) is 0 Å². The molecule has 0 bridgehead atoms. The van der Waals surface area contributed by atoms with Gasteiger partial charge in [-0.2, -0.15) is 8.42 Å². The number of carbonyl (C=O) groups is 1. The molecule has 3 N–H and O–H groups in total. The summed E-state index contributed by atoms with van der Waals surface area (Å²) >= 11 is 0. The third-order valence-electron chi connectivity index (χ3n) is 10.7. The van der Waals surface area contributed by atoms with Crippen LogP contribution in [0, 0.1) is 55.4 Å². The highest BCUT2D eigenvalue weighted by atomic mass is 32.2. The van der Waals surface area contributed by atoms with Gasteiger partial charge in [-0.05, 0) is 176 Å². The molecule has 7 heteroatoms. The lowest BCUT2D eigenvalue weighted by atomic mass is 9.86. The maximum absolute atomic E-state index is 12.9. The van der Waals surface area contributed by atoms with Crippen molar-refractivity contribution in [2.45, 2.75) is 94.9 Å². The van der Waals surface area contributed by atoms with Gasteiger partial charge in [0.15, 0.2) is 5.78 Å². The summed E-state index contributed by atoms with van der Waals surface area (Å²) in [6.45, 7) is 25.6. The number of anilines is 4. The minimum atomic E-state index is -4.75. The highest BCUT2D eigenvalue weighted by Gasteiger charge is 2.27. The van der Waals surface area contributed by atoms with Gasteiger partial charge in [-0.3, -0.25) is 9.35 Å². The number of benzene rings is 4. The quantitative estimate of drug-likeness (QED) is 0.149. The minimum Gasteiger partial charge on any atom is -0.355 e. The zero-order valence-corrected chi connectivity index (χ0v) is 33.4. The van der Waals surface area contributed by atoms with Crippen molar-refractivity contribution in [1.82, 2.24) is 0 Å². The van der Waals surface area contributed by atoms with Crippen molar-refractivity contribution in [2.75, 3.05) is 10.6 Å². The molecule has 5 rings (SSSR count). The van der Waals surface area contributed by atoms with Gasteiger partial charge in [0.1, 0.15) is 4.91 Å². The predicted molar refractivity (Wildman–Crippen MR) is 218 cm³/mol. The standard InChI is InChI=1S/C45H52N2O4S/c1-24(2)38-21-34(13-17-40(38)46-44-28(7)19-26(5)30(9)32(44)11)43(37-16-15-36(48)23-42(37)52(49,50)51)35-14-18-41(39(22-35)25(3)4)47-45-29(8)20-27(6)31(10)33(45)12/h13-25,46-47H,1-12H3,(H,49,50,51). The smallest absolute Gasteiger partial charge is 0.295 e. The number of carbonyl (C=O) groups excluding carboxylic acids is 1. The molecule has 52 heavy (non-hydrogen) atoms. The fourth-order valence-corrected chi connectivity index (χ4v) is 7.96. The van der Waals surface area contributed by atoms with Crippen molar-refractivity contribution < 1.29 is 17.8 Å². The summed E-state index contributed by atoms with van der Waals surface area (Å²) in [7, 11) is -4.75. The number of hydrogen-bond donors (Lipinski definition) is 3. The van der Waals surface area contributed by atoms with Crippen LogP contribution >= 0.6 is 0 Å². The van der Waals surface area contributed by atoms with Gasteiger partial charge in [0.25, 0.3) is 10.1 Å². The molecule has 4 aromatic carbocycles. The van der Waals surface area contributed by atoms with E-state index in [9.17, 15) is 17.8 Å². The molecular formula is C45H52N2O4S. The summed E-state index contributed by atoms with van der Waals surface area (Å²) in [5, 5.41) is 7.45. The van der Waals surface area contributed by atoms with Gasteiger partial charge >= 0.3 is 0 Å². The molecule has 4 aromatic rings. The van der Waals surface area contributed by atoms with Crippen molar-refractivity contribution >= 4 is 44.2 Å². The Bertz CT molecular complexity index is 2200. The minimum absolute atomic E-state index is 0.114. The van der Waals surface area contributed by atoms with Gasteiger partial charge in [0.05, 0.1) is 0 Å². The third kappa shape index (κ3) is 7.57. The summed E-state index contributed by atoms with van der Waals surface area (Å²) in [5.41, 5.74) is 18.2. The van der Waals surface area contributed by atoms with E-state index < -0.39 is 20.8 Å².